The first-order chi connectivity index (χ1) is 9.33. The van der Waals surface area contributed by atoms with Crippen molar-refractivity contribution in [1.29, 1.82) is 0 Å². The Morgan fingerprint density at radius 2 is 2.21 bits per heavy atom. The van der Waals surface area contributed by atoms with Crippen molar-refractivity contribution >= 4 is 5.69 Å². The Bertz CT molecular complexity index is 381. The SMILES string of the molecule is CCC1CC(Nc2ccccc2CCOC)CCO1. The maximum Gasteiger partial charge on any atom is 0.0592 e. The minimum Gasteiger partial charge on any atom is -0.384 e. The number of hydrogen-bond donors (Lipinski definition) is 1. The normalized spacial score (nSPS) is 23.3. The number of benzene rings is 1. The van der Waals surface area contributed by atoms with E-state index in [0.29, 0.717) is 12.1 Å². The van der Waals surface area contributed by atoms with Gasteiger partial charge in [-0.15, -0.1) is 0 Å². The first kappa shape index (κ1) is 14.4. The maximum atomic E-state index is 5.73. The van der Waals surface area contributed by atoms with Crippen molar-refractivity contribution in [3.8, 4) is 0 Å². The average molecular weight is 263 g/mol. The number of rotatable bonds is 6. The molecule has 0 aliphatic carbocycles. The molecule has 0 saturated carbocycles. The van der Waals surface area contributed by atoms with E-state index in [1.165, 1.54) is 11.3 Å². The lowest BCUT2D eigenvalue weighted by Crippen LogP contribution is -2.34. The van der Waals surface area contributed by atoms with Gasteiger partial charge in [0, 0.05) is 25.4 Å². The lowest BCUT2D eigenvalue weighted by atomic mass is 10.0. The molecule has 3 heteroatoms. The van der Waals surface area contributed by atoms with Crippen molar-refractivity contribution in [3.05, 3.63) is 29.8 Å². The summed E-state index contributed by atoms with van der Waals surface area (Å²) in [4.78, 5) is 0. The molecule has 1 aliphatic heterocycles. The highest BCUT2D eigenvalue weighted by atomic mass is 16.5. The summed E-state index contributed by atoms with van der Waals surface area (Å²) < 4.78 is 10.9. The second-order valence-electron chi connectivity index (χ2n) is 5.17. The summed E-state index contributed by atoms with van der Waals surface area (Å²) in [5.41, 5.74) is 2.59. The first-order valence-corrected chi connectivity index (χ1v) is 7.28. The van der Waals surface area contributed by atoms with Crippen LogP contribution in [-0.2, 0) is 15.9 Å². The van der Waals surface area contributed by atoms with Gasteiger partial charge in [0.05, 0.1) is 12.7 Å². The predicted octanol–water partition coefficient (Wildman–Crippen LogP) is 3.25. The zero-order valence-corrected chi connectivity index (χ0v) is 12.0. The van der Waals surface area contributed by atoms with Gasteiger partial charge in [-0.25, -0.2) is 0 Å². The number of ether oxygens (including phenoxy) is 2. The standard InChI is InChI=1S/C16H25NO2/c1-3-15-12-14(9-11-19-15)17-16-7-5-4-6-13(16)8-10-18-2/h4-7,14-15,17H,3,8-12H2,1-2H3. The van der Waals surface area contributed by atoms with Gasteiger partial charge in [-0.3, -0.25) is 0 Å². The summed E-state index contributed by atoms with van der Waals surface area (Å²) in [5, 5.41) is 3.69. The van der Waals surface area contributed by atoms with Crippen LogP contribution in [0.2, 0.25) is 0 Å². The summed E-state index contributed by atoms with van der Waals surface area (Å²) in [6, 6.07) is 9.06. The van der Waals surface area contributed by atoms with Crippen LogP contribution in [0.4, 0.5) is 5.69 Å². The molecule has 0 amide bonds. The van der Waals surface area contributed by atoms with Crippen LogP contribution in [0.15, 0.2) is 24.3 Å². The highest BCUT2D eigenvalue weighted by molar-refractivity contribution is 5.52. The number of nitrogens with one attached hydrogen (secondary N) is 1. The third-order valence-corrected chi connectivity index (χ3v) is 3.78. The van der Waals surface area contributed by atoms with Crippen molar-refractivity contribution in [2.45, 2.75) is 44.8 Å². The molecule has 1 fully saturated rings. The van der Waals surface area contributed by atoms with E-state index in [9.17, 15) is 0 Å². The number of hydrogen-bond acceptors (Lipinski definition) is 3. The third kappa shape index (κ3) is 4.22. The molecule has 1 N–H and O–H groups in total. The van der Waals surface area contributed by atoms with Crippen LogP contribution in [0, 0.1) is 0 Å². The number of anilines is 1. The summed E-state index contributed by atoms with van der Waals surface area (Å²) in [5.74, 6) is 0. The van der Waals surface area contributed by atoms with Gasteiger partial charge in [-0.05, 0) is 37.3 Å². The van der Waals surface area contributed by atoms with Crippen molar-refractivity contribution in [2.24, 2.45) is 0 Å². The van der Waals surface area contributed by atoms with Gasteiger partial charge in [0.1, 0.15) is 0 Å². The molecule has 0 spiro atoms. The van der Waals surface area contributed by atoms with Gasteiger partial charge in [0.2, 0.25) is 0 Å². The Kier molecular flexibility index (Phi) is 5.67. The van der Waals surface area contributed by atoms with Crippen LogP contribution in [0.1, 0.15) is 31.7 Å². The van der Waals surface area contributed by atoms with Gasteiger partial charge in [0.15, 0.2) is 0 Å². The van der Waals surface area contributed by atoms with Crippen LogP contribution in [0.3, 0.4) is 0 Å². The lowest BCUT2D eigenvalue weighted by Gasteiger charge is -2.30. The molecule has 0 aromatic heterocycles. The quantitative estimate of drug-likeness (QED) is 0.854. The molecule has 1 heterocycles. The number of methoxy groups -OCH3 is 1. The van der Waals surface area contributed by atoms with Crippen molar-refractivity contribution in [1.82, 2.24) is 0 Å². The van der Waals surface area contributed by atoms with Crippen LogP contribution >= 0.6 is 0 Å². The smallest absolute Gasteiger partial charge is 0.0592 e. The minimum atomic E-state index is 0.414. The highest BCUT2D eigenvalue weighted by Crippen LogP contribution is 2.23. The Labute approximate surface area is 116 Å². The van der Waals surface area contributed by atoms with E-state index in [1.807, 2.05) is 0 Å². The fourth-order valence-corrected chi connectivity index (χ4v) is 2.61. The van der Waals surface area contributed by atoms with Crippen LogP contribution in [-0.4, -0.2) is 32.5 Å². The summed E-state index contributed by atoms with van der Waals surface area (Å²) in [7, 11) is 1.75. The molecule has 1 aliphatic rings. The van der Waals surface area contributed by atoms with E-state index < -0.39 is 0 Å². The molecule has 1 aromatic rings. The van der Waals surface area contributed by atoms with Gasteiger partial charge >= 0.3 is 0 Å². The van der Waals surface area contributed by atoms with E-state index in [-0.39, 0.29) is 0 Å². The molecule has 19 heavy (non-hydrogen) atoms. The molecular formula is C16H25NO2. The predicted molar refractivity (Wildman–Crippen MR) is 78.7 cm³/mol. The summed E-state index contributed by atoms with van der Waals surface area (Å²) >= 11 is 0. The third-order valence-electron chi connectivity index (χ3n) is 3.78. The maximum absolute atomic E-state index is 5.73. The molecule has 0 bridgehead atoms. The molecule has 106 valence electrons. The molecule has 2 atom stereocenters. The van der Waals surface area contributed by atoms with Gasteiger partial charge in [-0.1, -0.05) is 25.1 Å². The van der Waals surface area contributed by atoms with E-state index in [1.54, 1.807) is 7.11 Å². The number of para-hydroxylation sites is 1. The topological polar surface area (TPSA) is 30.5 Å². The van der Waals surface area contributed by atoms with E-state index in [0.717, 1.165) is 38.9 Å². The Morgan fingerprint density at radius 3 is 3.00 bits per heavy atom. The fraction of sp³-hybridized carbons (Fsp3) is 0.625. The highest BCUT2D eigenvalue weighted by Gasteiger charge is 2.21. The molecule has 1 aromatic carbocycles. The monoisotopic (exact) mass is 263 g/mol. The van der Waals surface area contributed by atoms with Crippen molar-refractivity contribution in [3.63, 3.8) is 0 Å². The molecule has 3 nitrogen and oxygen atoms in total. The van der Waals surface area contributed by atoms with E-state index in [4.69, 9.17) is 9.47 Å². The average Bonchev–Trinajstić information content (AvgIpc) is 2.46. The zero-order chi connectivity index (χ0) is 13.5. The van der Waals surface area contributed by atoms with Crippen molar-refractivity contribution < 1.29 is 9.47 Å². The zero-order valence-electron chi connectivity index (χ0n) is 12.0. The summed E-state index contributed by atoms with van der Waals surface area (Å²) in [6.07, 6.45) is 4.67. The molecule has 2 rings (SSSR count). The van der Waals surface area contributed by atoms with Crippen LogP contribution in [0.5, 0.6) is 0 Å². The molecule has 1 saturated heterocycles. The summed E-state index contributed by atoms with van der Waals surface area (Å²) in [6.45, 7) is 3.83. The second kappa shape index (κ2) is 7.51. The van der Waals surface area contributed by atoms with Gasteiger partial charge in [-0.2, -0.15) is 0 Å². The van der Waals surface area contributed by atoms with Gasteiger partial charge in [0.25, 0.3) is 0 Å². The van der Waals surface area contributed by atoms with Crippen molar-refractivity contribution in [2.75, 3.05) is 25.6 Å². The largest absolute Gasteiger partial charge is 0.384 e. The molecule has 0 radical (unpaired) electrons. The molecular weight excluding hydrogens is 238 g/mol. The Hall–Kier alpha value is -1.06. The Balaban J connectivity index is 1.97. The Morgan fingerprint density at radius 1 is 1.37 bits per heavy atom. The second-order valence-corrected chi connectivity index (χ2v) is 5.17. The molecule has 2 unspecified atom stereocenters. The fourth-order valence-electron chi connectivity index (χ4n) is 2.61. The van der Waals surface area contributed by atoms with E-state index in [2.05, 4.69) is 36.5 Å². The van der Waals surface area contributed by atoms with Gasteiger partial charge < -0.3 is 14.8 Å². The lowest BCUT2D eigenvalue weighted by molar-refractivity contribution is 0.00924. The van der Waals surface area contributed by atoms with E-state index >= 15 is 0 Å². The minimum absolute atomic E-state index is 0.414. The first-order valence-electron chi connectivity index (χ1n) is 7.28. The van der Waals surface area contributed by atoms with Crippen LogP contribution < -0.4 is 5.32 Å². The van der Waals surface area contributed by atoms with Crippen LogP contribution in [0.25, 0.3) is 0 Å².